The number of carbonyl (C=O) groups excluding carboxylic acids is 1. The van der Waals surface area contributed by atoms with Gasteiger partial charge < -0.3 is 0 Å². The van der Waals surface area contributed by atoms with Crippen LogP contribution in [0.2, 0.25) is 0 Å². The number of ketones is 1. The second kappa shape index (κ2) is 4.66. The van der Waals surface area contributed by atoms with Crippen LogP contribution in [0.3, 0.4) is 0 Å². The van der Waals surface area contributed by atoms with Gasteiger partial charge in [-0.25, -0.2) is 4.89 Å². The number of rotatable bonds is 4. The highest BCUT2D eigenvalue weighted by Gasteiger charge is 1.99. The summed E-state index contributed by atoms with van der Waals surface area (Å²) in [7, 11) is 0. The summed E-state index contributed by atoms with van der Waals surface area (Å²) in [5, 5.41) is 16.7. The summed E-state index contributed by atoms with van der Waals surface area (Å²) in [6.07, 6.45) is 0. The van der Waals surface area contributed by atoms with Crippen LogP contribution < -0.4 is 0 Å². The Labute approximate surface area is 45.3 Å². The first-order valence-corrected chi connectivity index (χ1v) is 1.84. The van der Waals surface area contributed by atoms with Crippen molar-refractivity contribution in [3.8, 4) is 0 Å². The van der Waals surface area contributed by atoms with Crippen molar-refractivity contribution in [2.75, 3.05) is 13.2 Å². The van der Waals surface area contributed by atoms with E-state index in [9.17, 15) is 4.79 Å². The van der Waals surface area contributed by atoms with Gasteiger partial charge in [0.1, 0.15) is 13.2 Å². The van der Waals surface area contributed by atoms with Crippen molar-refractivity contribution in [3.63, 3.8) is 0 Å². The molecule has 1 N–H and O–H groups in total. The normalized spacial score (nSPS) is 9.25. The Balaban J connectivity index is 3.06. The second-order valence-corrected chi connectivity index (χ2v) is 1.07. The number of Topliss-reactive ketones (excluding diaryl/α,β-unsaturated/α-hetero) is 1. The van der Waals surface area contributed by atoms with Gasteiger partial charge in [-0.3, -0.25) is 10.1 Å². The van der Waals surface area contributed by atoms with E-state index in [-0.39, 0.29) is 0 Å². The van der Waals surface area contributed by atoms with Crippen LogP contribution in [-0.4, -0.2) is 24.3 Å². The molecule has 0 aliphatic carbocycles. The minimum Gasteiger partial charge on any atom is -0.294 e. The van der Waals surface area contributed by atoms with E-state index in [4.69, 9.17) is 10.5 Å². The molecule has 0 aromatic heterocycles. The van der Waals surface area contributed by atoms with Crippen LogP contribution in [0.25, 0.3) is 0 Å². The first-order valence-electron chi connectivity index (χ1n) is 1.84. The first-order chi connectivity index (χ1) is 3.81. The summed E-state index contributed by atoms with van der Waals surface area (Å²) in [6, 6.07) is 0. The lowest BCUT2D eigenvalue weighted by Crippen LogP contribution is -2.12. The molecule has 0 aliphatic heterocycles. The molecule has 1 radical (unpaired) electrons. The van der Waals surface area contributed by atoms with Crippen molar-refractivity contribution in [3.05, 3.63) is 0 Å². The van der Waals surface area contributed by atoms with Gasteiger partial charge >= 0.3 is 0 Å². The average molecular weight is 121 g/mol. The molecule has 0 spiro atoms. The van der Waals surface area contributed by atoms with E-state index in [1.165, 1.54) is 0 Å². The zero-order chi connectivity index (χ0) is 6.41. The van der Waals surface area contributed by atoms with E-state index in [0.29, 0.717) is 0 Å². The zero-order valence-electron chi connectivity index (χ0n) is 3.99. The summed E-state index contributed by atoms with van der Waals surface area (Å²) in [5.41, 5.74) is 0. The van der Waals surface area contributed by atoms with E-state index in [1.807, 2.05) is 0 Å². The highest BCUT2D eigenvalue weighted by atomic mass is 17.1. The third kappa shape index (κ3) is 3.69. The first kappa shape index (κ1) is 7.51. The van der Waals surface area contributed by atoms with Crippen LogP contribution in [0, 0.1) is 0 Å². The Morgan fingerprint density at radius 1 is 1.50 bits per heavy atom. The lowest BCUT2D eigenvalue weighted by molar-refractivity contribution is -0.300. The molecule has 0 aromatic rings. The maximum absolute atomic E-state index is 10.0. The summed E-state index contributed by atoms with van der Waals surface area (Å²) < 4.78 is 0. The number of carbonyl (C=O) groups is 1. The Morgan fingerprint density at radius 2 is 2.12 bits per heavy atom. The van der Waals surface area contributed by atoms with Crippen molar-refractivity contribution in [2.24, 2.45) is 0 Å². The third-order valence-electron chi connectivity index (χ3n) is 0.445. The van der Waals surface area contributed by atoms with Crippen molar-refractivity contribution < 1.29 is 25.1 Å². The lowest BCUT2D eigenvalue weighted by Gasteiger charge is -1.89. The van der Waals surface area contributed by atoms with Gasteiger partial charge in [0, 0.05) is 0 Å². The maximum atomic E-state index is 10.0. The largest absolute Gasteiger partial charge is 0.294 e. The van der Waals surface area contributed by atoms with Gasteiger partial charge in [-0.1, -0.05) is 0 Å². The molecule has 0 heterocycles. The molecule has 0 aromatic carbocycles. The maximum Gasteiger partial charge on any atom is 0.190 e. The Kier molecular flexibility index (Phi) is 4.38. The zero-order valence-corrected chi connectivity index (χ0v) is 3.99. The van der Waals surface area contributed by atoms with Crippen LogP contribution in [0.5, 0.6) is 0 Å². The molecule has 5 heteroatoms. The minimum atomic E-state index is -0.595. The van der Waals surface area contributed by atoms with E-state index in [0.717, 1.165) is 0 Å². The van der Waals surface area contributed by atoms with Gasteiger partial charge in [0.25, 0.3) is 0 Å². The van der Waals surface area contributed by atoms with E-state index < -0.39 is 19.0 Å². The summed E-state index contributed by atoms with van der Waals surface area (Å²) in [5.74, 6) is -0.595. The highest BCUT2D eigenvalue weighted by Crippen LogP contribution is 1.73. The van der Waals surface area contributed by atoms with Crippen LogP contribution in [0.1, 0.15) is 0 Å². The Bertz CT molecular complexity index is 62.1. The molecule has 47 valence electrons. The summed E-state index contributed by atoms with van der Waals surface area (Å²) in [6.45, 7) is -1.07. The van der Waals surface area contributed by atoms with Crippen LogP contribution in [0.15, 0.2) is 0 Å². The summed E-state index contributed by atoms with van der Waals surface area (Å²) in [4.78, 5) is 16.6. The smallest absolute Gasteiger partial charge is 0.190 e. The molecular formula is C3H5O5. The van der Waals surface area contributed by atoms with Crippen molar-refractivity contribution in [1.82, 2.24) is 0 Å². The van der Waals surface area contributed by atoms with Gasteiger partial charge in [0.15, 0.2) is 5.78 Å². The monoisotopic (exact) mass is 121 g/mol. The predicted molar refractivity (Wildman–Crippen MR) is 20.2 cm³/mol. The van der Waals surface area contributed by atoms with Crippen molar-refractivity contribution in [1.29, 1.82) is 0 Å². The van der Waals surface area contributed by atoms with E-state index in [1.54, 1.807) is 0 Å². The van der Waals surface area contributed by atoms with Crippen molar-refractivity contribution >= 4 is 5.78 Å². The van der Waals surface area contributed by atoms with E-state index >= 15 is 0 Å². The van der Waals surface area contributed by atoms with Gasteiger partial charge in [-0.05, 0) is 5.26 Å². The standard InChI is InChI=1S/C3H5O5/c4-3(1-7-5)2-8-6/h5H,1-2H2. The molecule has 8 heavy (non-hydrogen) atoms. The fourth-order valence-electron chi connectivity index (χ4n) is 0.179. The molecule has 0 saturated heterocycles. The molecule has 5 nitrogen and oxygen atoms in total. The van der Waals surface area contributed by atoms with Gasteiger partial charge in [-0.15, -0.1) is 0 Å². The number of hydrogen-bond acceptors (Lipinski definition) is 4. The lowest BCUT2D eigenvalue weighted by atomic mass is 10.5. The average Bonchev–Trinajstić information content (AvgIpc) is 1.68. The third-order valence-corrected chi connectivity index (χ3v) is 0.445. The Morgan fingerprint density at radius 3 is 2.50 bits per heavy atom. The van der Waals surface area contributed by atoms with Gasteiger partial charge in [-0.2, -0.15) is 4.89 Å². The highest BCUT2D eigenvalue weighted by molar-refractivity contribution is 5.80. The predicted octanol–water partition coefficient (Wildman–Crippen LogP) is -0.593. The quantitative estimate of drug-likeness (QED) is 0.398. The fraction of sp³-hybridized carbons (Fsp3) is 0.667. The Hall–Kier alpha value is -0.490. The minimum absolute atomic E-state index is 0.498. The van der Waals surface area contributed by atoms with E-state index in [2.05, 4.69) is 9.78 Å². The molecule has 0 unspecified atom stereocenters. The fourth-order valence-corrected chi connectivity index (χ4v) is 0.179. The van der Waals surface area contributed by atoms with Gasteiger partial charge in [0.2, 0.25) is 0 Å². The molecule has 0 rings (SSSR count). The molecule has 0 aliphatic rings. The number of hydrogen-bond donors (Lipinski definition) is 1. The molecule has 0 amide bonds. The molecule has 0 bridgehead atoms. The summed E-state index contributed by atoms with van der Waals surface area (Å²) >= 11 is 0. The molecule has 0 atom stereocenters. The molecule has 0 saturated carbocycles. The van der Waals surface area contributed by atoms with Gasteiger partial charge in [0.05, 0.1) is 0 Å². The second-order valence-electron chi connectivity index (χ2n) is 1.07. The van der Waals surface area contributed by atoms with Crippen LogP contribution in [-0.2, 0) is 19.8 Å². The van der Waals surface area contributed by atoms with Crippen molar-refractivity contribution in [2.45, 2.75) is 0 Å². The SMILES string of the molecule is [O]OCC(=O)COO. The van der Waals surface area contributed by atoms with Crippen LogP contribution >= 0.6 is 0 Å². The van der Waals surface area contributed by atoms with Crippen LogP contribution in [0.4, 0.5) is 0 Å². The molecule has 0 fully saturated rings. The topological polar surface area (TPSA) is 75.7 Å². The molecular weight excluding hydrogens is 116 g/mol.